The van der Waals surface area contributed by atoms with Crippen LogP contribution in [0.4, 0.5) is 0 Å². The maximum atomic E-state index is 12.3. The van der Waals surface area contributed by atoms with Gasteiger partial charge in [0.1, 0.15) is 6.29 Å². The number of hydrogen-bond donors (Lipinski definition) is 0. The SMILES string of the molecule is CC(C)[C@@H]1CC[C@]2(C)CC[C@]3(C)[C@H](CC[C@@H]4[C@@]5(C)CCCC(C)(C=O)[C@@H]5CC[C@]43C)[C@@H]12. The first kappa shape index (κ1) is 22.5. The van der Waals surface area contributed by atoms with Gasteiger partial charge in [0.05, 0.1) is 0 Å². The molecule has 176 valence electrons. The highest BCUT2D eigenvalue weighted by Crippen LogP contribution is 2.77. The van der Waals surface area contributed by atoms with Crippen LogP contribution < -0.4 is 0 Å². The summed E-state index contributed by atoms with van der Waals surface area (Å²) in [7, 11) is 0. The third kappa shape index (κ3) is 2.70. The molecular weight excluding hydrogens is 376 g/mol. The molecule has 0 spiro atoms. The molecule has 1 heteroatoms. The zero-order chi connectivity index (χ0) is 22.4. The monoisotopic (exact) mass is 426 g/mol. The van der Waals surface area contributed by atoms with Gasteiger partial charge < -0.3 is 4.79 Å². The molecule has 0 radical (unpaired) electrons. The average molecular weight is 427 g/mol. The first-order valence-corrected chi connectivity index (χ1v) is 13.9. The number of fused-ring (bicyclic) bond motifs is 7. The molecule has 5 aliphatic rings. The molecule has 0 N–H and O–H groups in total. The molecule has 0 amide bonds. The first-order chi connectivity index (χ1) is 14.5. The van der Waals surface area contributed by atoms with Gasteiger partial charge in [-0.25, -0.2) is 0 Å². The maximum Gasteiger partial charge on any atom is 0.126 e. The van der Waals surface area contributed by atoms with Gasteiger partial charge in [-0.1, -0.05) is 54.9 Å². The van der Waals surface area contributed by atoms with Crippen molar-refractivity contribution < 1.29 is 4.79 Å². The van der Waals surface area contributed by atoms with Crippen molar-refractivity contribution in [2.24, 2.45) is 62.6 Å². The van der Waals surface area contributed by atoms with E-state index in [0.29, 0.717) is 27.6 Å². The molecule has 1 unspecified atom stereocenters. The van der Waals surface area contributed by atoms with Crippen LogP contribution in [-0.2, 0) is 4.79 Å². The average Bonchev–Trinajstić information content (AvgIpc) is 3.06. The van der Waals surface area contributed by atoms with E-state index in [-0.39, 0.29) is 5.41 Å². The molecule has 0 bridgehead atoms. The van der Waals surface area contributed by atoms with E-state index < -0.39 is 0 Å². The molecule has 5 rings (SSSR count). The summed E-state index contributed by atoms with van der Waals surface area (Å²) in [6.07, 6.45) is 16.5. The van der Waals surface area contributed by atoms with Crippen LogP contribution in [0.2, 0.25) is 0 Å². The Morgan fingerprint density at radius 2 is 1.48 bits per heavy atom. The van der Waals surface area contributed by atoms with Crippen LogP contribution in [0.15, 0.2) is 0 Å². The summed E-state index contributed by atoms with van der Waals surface area (Å²) in [5.41, 5.74) is 1.83. The van der Waals surface area contributed by atoms with Gasteiger partial charge in [0.2, 0.25) is 0 Å². The summed E-state index contributed by atoms with van der Waals surface area (Å²) in [4.78, 5) is 12.3. The van der Waals surface area contributed by atoms with Crippen LogP contribution in [0.3, 0.4) is 0 Å². The van der Waals surface area contributed by atoms with E-state index >= 15 is 0 Å². The fourth-order valence-electron chi connectivity index (χ4n) is 11.7. The summed E-state index contributed by atoms with van der Waals surface area (Å²) in [6, 6.07) is 0. The van der Waals surface area contributed by atoms with Gasteiger partial charge in [-0.05, 0) is 121 Å². The second kappa shape index (κ2) is 6.85. The fourth-order valence-corrected chi connectivity index (χ4v) is 11.7. The Balaban J connectivity index is 1.54. The van der Waals surface area contributed by atoms with E-state index in [4.69, 9.17) is 0 Å². The molecule has 31 heavy (non-hydrogen) atoms. The molecule has 1 nitrogen and oxygen atoms in total. The number of carbonyl (C=O) groups excluding carboxylic acids is 1. The largest absolute Gasteiger partial charge is 0.303 e. The predicted molar refractivity (Wildman–Crippen MR) is 130 cm³/mol. The Hall–Kier alpha value is -0.330. The van der Waals surface area contributed by atoms with E-state index in [2.05, 4.69) is 48.5 Å². The zero-order valence-electron chi connectivity index (χ0n) is 21.7. The quantitative estimate of drug-likeness (QED) is 0.406. The van der Waals surface area contributed by atoms with Gasteiger partial charge in [0.15, 0.2) is 0 Å². The van der Waals surface area contributed by atoms with Crippen molar-refractivity contribution in [1.29, 1.82) is 0 Å². The van der Waals surface area contributed by atoms with E-state index in [0.717, 1.165) is 36.0 Å². The summed E-state index contributed by atoms with van der Waals surface area (Å²) >= 11 is 0. The minimum atomic E-state index is -0.0780. The van der Waals surface area contributed by atoms with Crippen LogP contribution in [-0.4, -0.2) is 6.29 Å². The van der Waals surface area contributed by atoms with Gasteiger partial charge in [-0.2, -0.15) is 0 Å². The standard InChI is InChI=1S/C30H50O/c1-20(2)21-11-15-26(3)17-18-29(6)22(25(21)26)9-10-24-28(5)14-8-13-27(4,19-31)23(28)12-16-30(24,29)7/h19-25H,8-18H2,1-7H3/t21-,22+,23-,24+,25+,26+,27?,28-,29+,30+/m0/s1. The van der Waals surface area contributed by atoms with Crippen molar-refractivity contribution in [3.05, 3.63) is 0 Å². The highest BCUT2D eigenvalue weighted by Gasteiger charge is 2.70. The highest BCUT2D eigenvalue weighted by molar-refractivity contribution is 5.60. The lowest BCUT2D eigenvalue weighted by atomic mass is 9.32. The van der Waals surface area contributed by atoms with Crippen molar-refractivity contribution in [2.75, 3.05) is 0 Å². The van der Waals surface area contributed by atoms with Gasteiger partial charge in [-0.15, -0.1) is 0 Å². The third-order valence-corrected chi connectivity index (χ3v) is 13.5. The van der Waals surface area contributed by atoms with Crippen molar-refractivity contribution >= 4 is 6.29 Å². The van der Waals surface area contributed by atoms with Crippen LogP contribution >= 0.6 is 0 Å². The molecule has 0 heterocycles. The van der Waals surface area contributed by atoms with Gasteiger partial charge >= 0.3 is 0 Å². The van der Waals surface area contributed by atoms with E-state index in [1.165, 1.54) is 70.5 Å². The highest BCUT2D eigenvalue weighted by atomic mass is 16.1. The van der Waals surface area contributed by atoms with E-state index in [1.54, 1.807) is 0 Å². The fraction of sp³-hybridized carbons (Fsp3) is 0.967. The Labute approximate surface area is 192 Å². The van der Waals surface area contributed by atoms with Crippen molar-refractivity contribution in [2.45, 2.75) is 119 Å². The van der Waals surface area contributed by atoms with Crippen molar-refractivity contribution in [3.8, 4) is 0 Å². The first-order valence-electron chi connectivity index (χ1n) is 13.9. The second-order valence-electron chi connectivity index (χ2n) is 14.8. The molecular formula is C30H50O. The Kier molecular flexibility index (Phi) is 4.96. The molecule has 5 aliphatic carbocycles. The maximum absolute atomic E-state index is 12.3. The lowest BCUT2D eigenvalue weighted by Crippen LogP contribution is -2.65. The molecule has 0 aromatic carbocycles. The summed E-state index contributed by atoms with van der Waals surface area (Å²) in [5, 5.41) is 0. The topological polar surface area (TPSA) is 17.1 Å². The smallest absolute Gasteiger partial charge is 0.126 e. The summed E-state index contributed by atoms with van der Waals surface area (Å²) < 4.78 is 0. The molecule has 5 fully saturated rings. The van der Waals surface area contributed by atoms with Crippen LogP contribution in [0.5, 0.6) is 0 Å². The Morgan fingerprint density at radius 3 is 2.16 bits per heavy atom. The molecule has 5 saturated carbocycles. The predicted octanol–water partition coefficient (Wildman–Crippen LogP) is 8.31. The van der Waals surface area contributed by atoms with Gasteiger partial charge in [-0.3, -0.25) is 0 Å². The molecule has 0 aromatic rings. The molecule has 0 aliphatic heterocycles. The summed E-state index contributed by atoms with van der Waals surface area (Å²) in [5.74, 6) is 5.05. The number of aldehydes is 1. The van der Waals surface area contributed by atoms with E-state index in [1.807, 2.05) is 0 Å². The molecule has 0 aromatic heterocycles. The van der Waals surface area contributed by atoms with E-state index in [9.17, 15) is 4.79 Å². The summed E-state index contributed by atoms with van der Waals surface area (Å²) in [6.45, 7) is 18.1. The number of hydrogen-bond acceptors (Lipinski definition) is 1. The van der Waals surface area contributed by atoms with Crippen molar-refractivity contribution in [3.63, 3.8) is 0 Å². The van der Waals surface area contributed by atoms with Gasteiger partial charge in [0, 0.05) is 5.41 Å². The Morgan fingerprint density at radius 1 is 0.742 bits per heavy atom. The Bertz CT molecular complexity index is 741. The van der Waals surface area contributed by atoms with Crippen molar-refractivity contribution in [1.82, 2.24) is 0 Å². The lowest BCUT2D eigenvalue weighted by Gasteiger charge is -2.72. The number of rotatable bonds is 2. The van der Waals surface area contributed by atoms with Crippen LogP contribution in [0.25, 0.3) is 0 Å². The van der Waals surface area contributed by atoms with Gasteiger partial charge in [0.25, 0.3) is 0 Å². The third-order valence-electron chi connectivity index (χ3n) is 13.5. The second-order valence-corrected chi connectivity index (χ2v) is 14.8. The zero-order valence-corrected chi connectivity index (χ0v) is 21.7. The molecule has 10 atom stereocenters. The minimum absolute atomic E-state index is 0.0780. The lowest BCUT2D eigenvalue weighted by molar-refractivity contribution is -0.235. The van der Waals surface area contributed by atoms with Crippen LogP contribution in [0, 0.1) is 62.6 Å². The molecule has 0 saturated heterocycles. The van der Waals surface area contributed by atoms with Crippen LogP contribution in [0.1, 0.15) is 119 Å². The minimum Gasteiger partial charge on any atom is -0.303 e. The number of carbonyl (C=O) groups is 1. The normalized spacial score (nSPS) is 58.8.